The fourth-order valence-electron chi connectivity index (χ4n) is 8.45. The number of carbonyl (C=O) groups excluding carboxylic acids is 3. The van der Waals surface area contributed by atoms with Gasteiger partial charge in [0.25, 0.3) is 5.91 Å². The molecule has 9 heteroatoms. The van der Waals surface area contributed by atoms with E-state index in [4.69, 9.17) is 0 Å². The van der Waals surface area contributed by atoms with E-state index < -0.39 is 33.4 Å². The Bertz CT molecular complexity index is 1500. The van der Waals surface area contributed by atoms with Crippen molar-refractivity contribution in [1.82, 2.24) is 4.90 Å². The third kappa shape index (κ3) is 5.87. The maximum Gasteiger partial charge on any atom is 0.251 e. The van der Waals surface area contributed by atoms with Gasteiger partial charge in [-0.15, -0.1) is 24.9 Å². The number of likely N-dealkylation sites (tertiary alicyclic amines) is 1. The van der Waals surface area contributed by atoms with Crippen molar-refractivity contribution in [2.45, 2.75) is 75.5 Å². The Balaban J connectivity index is 1.62. The van der Waals surface area contributed by atoms with Crippen molar-refractivity contribution in [2.75, 3.05) is 47.5 Å². The molecule has 0 radical (unpaired) electrons. The van der Waals surface area contributed by atoms with Crippen LogP contribution in [0.15, 0.2) is 79.9 Å². The summed E-state index contributed by atoms with van der Waals surface area (Å²) in [5.41, 5.74) is 2.55. The molecule has 0 saturated carbocycles. The highest BCUT2D eigenvalue weighted by atomic mass is 32.2. The van der Waals surface area contributed by atoms with Gasteiger partial charge in [0, 0.05) is 48.0 Å². The van der Waals surface area contributed by atoms with Crippen LogP contribution in [0.2, 0.25) is 0 Å². The minimum Gasteiger partial charge on any atom is -0.394 e. The molecule has 2 bridgehead atoms. The van der Waals surface area contributed by atoms with E-state index in [-0.39, 0.29) is 36.8 Å². The highest BCUT2D eigenvalue weighted by Gasteiger charge is 2.78. The largest absolute Gasteiger partial charge is 0.394 e. The molecule has 3 saturated heterocycles. The number of benzene rings is 2. The second kappa shape index (κ2) is 14.5. The lowest BCUT2D eigenvalue weighted by Crippen LogP contribution is -2.58. The molecule has 3 heterocycles. The molecule has 258 valence electrons. The van der Waals surface area contributed by atoms with Crippen molar-refractivity contribution >= 4 is 46.5 Å². The first-order valence-corrected chi connectivity index (χ1v) is 18.3. The zero-order chi connectivity index (χ0) is 34.8. The van der Waals surface area contributed by atoms with Crippen LogP contribution < -0.4 is 14.7 Å². The predicted octanol–water partition coefficient (Wildman–Crippen LogP) is 6.16. The molecule has 1 spiro atoms. The van der Waals surface area contributed by atoms with Crippen LogP contribution in [-0.4, -0.2) is 82.1 Å². The molecule has 5 rings (SSSR count). The van der Waals surface area contributed by atoms with Gasteiger partial charge in [-0.05, 0) is 75.9 Å². The lowest BCUT2D eigenvalue weighted by molar-refractivity contribution is -0.143. The smallest absolute Gasteiger partial charge is 0.251 e. The zero-order valence-electron chi connectivity index (χ0n) is 29.2. The Labute approximate surface area is 290 Å². The summed E-state index contributed by atoms with van der Waals surface area (Å²) in [5, 5.41) is 10.8. The number of hydrogen-bond acceptors (Lipinski definition) is 6. The average Bonchev–Trinajstić information content (AvgIpc) is 3.67. The molecule has 2 aromatic rings. The van der Waals surface area contributed by atoms with E-state index in [1.54, 1.807) is 38.6 Å². The SMILES string of the molecule is C=CCN(C(=O)C1N([C@@H](CO)[C@@H](C)CC)C(=O)[C@@H]2[C@@H](C(=O)N(CC=C)c3ccccc3)[C@@]3(C)CCC12S3)c1ccc(N(CC)CC)cc1. The average molecular weight is 673 g/mol. The number of thioether (sulfide) groups is 1. The third-order valence-corrected chi connectivity index (χ3v) is 13.1. The van der Waals surface area contributed by atoms with E-state index in [2.05, 4.69) is 38.8 Å². The van der Waals surface area contributed by atoms with Gasteiger partial charge in [-0.3, -0.25) is 14.4 Å². The number of aliphatic hydroxyl groups excluding tert-OH is 1. The topological polar surface area (TPSA) is 84.4 Å². The molecule has 48 heavy (non-hydrogen) atoms. The number of aliphatic hydroxyl groups is 1. The normalized spacial score (nSPS) is 26.9. The maximum atomic E-state index is 15.2. The summed E-state index contributed by atoms with van der Waals surface area (Å²) in [5.74, 6) is -1.92. The van der Waals surface area contributed by atoms with Gasteiger partial charge in [0.05, 0.1) is 29.2 Å². The van der Waals surface area contributed by atoms with Crippen LogP contribution in [-0.2, 0) is 14.4 Å². The summed E-state index contributed by atoms with van der Waals surface area (Å²) in [4.78, 5) is 52.3. The van der Waals surface area contributed by atoms with Gasteiger partial charge < -0.3 is 24.7 Å². The number of carbonyl (C=O) groups is 3. The Morgan fingerprint density at radius 2 is 1.50 bits per heavy atom. The number of nitrogens with zero attached hydrogens (tertiary/aromatic N) is 4. The van der Waals surface area contributed by atoms with Crippen LogP contribution in [0.4, 0.5) is 17.1 Å². The number of amides is 3. The fraction of sp³-hybridized carbons (Fsp3) is 0.513. The summed E-state index contributed by atoms with van der Waals surface area (Å²) in [6, 6.07) is 16.1. The molecule has 3 amide bonds. The van der Waals surface area contributed by atoms with Crippen LogP contribution in [0.25, 0.3) is 0 Å². The summed E-state index contributed by atoms with van der Waals surface area (Å²) >= 11 is 1.66. The molecule has 2 aromatic carbocycles. The number of fused-ring (bicyclic) bond motifs is 1. The molecule has 3 aliphatic heterocycles. The first-order valence-electron chi connectivity index (χ1n) is 17.4. The van der Waals surface area contributed by atoms with E-state index in [1.807, 2.05) is 68.4 Å². The van der Waals surface area contributed by atoms with Crippen molar-refractivity contribution in [2.24, 2.45) is 17.8 Å². The van der Waals surface area contributed by atoms with Gasteiger partial charge >= 0.3 is 0 Å². The predicted molar refractivity (Wildman–Crippen MR) is 197 cm³/mol. The lowest BCUT2D eigenvalue weighted by Gasteiger charge is -2.41. The van der Waals surface area contributed by atoms with Crippen LogP contribution >= 0.6 is 11.8 Å². The molecule has 0 aromatic heterocycles. The van der Waals surface area contributed by atoms with Gasteiger partial charge in [0.2, 0.25) is 11.8 Å². The molecule has 2 unspecified atom stereocenters. The van der Waals surface area contributed by atoms with Crippen LogP contribution in [0.3, 0.4) is 0 Å². The Morgan fingerprint density at radius 3 is 2.04 bits per heavy atom. The highest BCUT2D eigenvalue weighted by Crippen LogP contribution is 2.72. The molecule has 1 N–H and O–H groups in total. The first kappa shape index (κ1) is 35.7. The summed E-state index contributed by atoms with van der Waals surface area (Å²) < 4.78 is -1.35. The van der Waals surface area contributed by atoms with E-state index in [9.17, 15) is 14.7 Å². The van der Waals surface area contributed by atoms with Crippen LogP contribution in [0, 0.1) is 17.8 Å². The Kier molecular flexibility index (Phi) is 10.8. The minimum absolute atomic E-state index is 0.0563. The number of hydrogen-bond donors (Lipinski definition) is 1. The fourth-order valence-corrected chi connectivity index (χ4v) is 10.8. The zero-order valence-corrected chi connectivity index (χ0v) is 30.0. The molecular formula is C39H52N4O4S. The van der Waals surface area contributed by atoms with E-state index >= 15 is 4.79 Å². The molecule has 8 nitrogen and oxygen atoms in total. The molecule has 7 atom stereocenters. The second-order valence-electron chi connectivity index (χ2n) is 13.6. The molecule has 0 aliphatic carbocycles. The monoisotopic (exact) mass is 672 g/mol. The Hall–Kier alpha value is -3.56. The number of para-hydroxylation sites is 1. The number of anilines is 3. The van der Waals surface area contributed by atoms with E-state index in [1.165, 1.54) is 0 Å². The third-order valence-electron chi connectivity index (χ3n) is 11.1. The summed E-state index contributed by atoms with van der Waals surface area (Å²) in [7, 11) is 0. The van der Waals surface area contributed by atoms with Crippen LogP contribution in [0.1, 0.15) is 53.9 Å². The van der Waals surface area contributed by atoms with Gasteiger partial charge in [0.1, 0.15) is 6.04 Å². The van der Waals surface area contributed by atoms with E-state index in [0.717, 1.165) is 36.6 Å². The van der Waals surface area contributed by atoms with Crippen molar-refractivity contribution < 1.29 is 19.5 Å². The molecular weight excluding hydrogens is 621 g/mol. The van der Waals surface area contributed by atoms with Gasteiger partial charge in [0.15, 0.2) is 0 Å². The first-order chi connectivity index (χ1) is 23.1. The van der Waals surface area contributed by atoms with Crippen LogP contribution in [0.5, 0.6) is 0 Å². The Morgan fingerprint density at radius 1 is 0.938 bits per heavy atom. The minimum atomic E-state index is -0.849. The van der Waals surface area contributed by atoms with Crippen molar-refractivity contribution in [3.63, 3.8) is 0 Å². The maximum absolute atomic E-state index is 15.2. The van der Waals surface area contributed by atoms with Gasteiger partial charge in [-0.25, -0.2) is 0 Å². The quantitative estimate of drug-likeness (QED) is 0.228. The lowest BCUT2D eigenvalue weighted by atomic mass is 9.66. The van der Waals surface area contributed by atoms with Crippen molar-refractivity contribution in [3.05, 3.63) is 79.9 Å². The van der Waals surface area contributed by atoms with Crippen molar-refractivity contribution in [3.8, 4) is 0 Å². The standard InChI is InChI=1S/C39H52N4O4S/c1-8-24-41(29-16-14-13-15-17-29)35(45)32-33-36(46)43(31(26-44)27(6)10-3)34(39(33)23-22-38(32,7)48-39)37(47)42(25-9-2)30-20-18-28(19-21-30)40(11-4)12-5/h8-9,13-21,27,31-34,44H,1-2,10-12,22-26H2,3-7H3/t27-,31-,32-,33-,34?,38+,39?/m0/s1. The van der Waals surface area contributed by atoms with Gasteiger partial charge in [-0.1, -0.05) is 50.6 Å². The number of rotatable bonds is 15. The highest BCUT2D eigenvalue weighted by molar-refractivity contribution is 8.02. The summed E-state index contributed by atoms with van der Waals surface area (Å²) in [6.45, 7) is 20.3. The molecule has 3 fully saturated rings. The van der Waals surface area contributed by atoms with E-state index in [0.29, 0.717) is 19.4 Å². The molecule has 3 aliphatic rings. The summed E-state index contributed by atoms with van der Waals surface area (Å²) in [6.07, 6.45) is 5.49. The van der Waals surface area contributed by atoms with Gasteiger partial charge in [-0.2, -0.15) is 0 Å². The second-order valence-corrected chi connectivity index (χ2v) is 15.5. The van der Waals surface area contributed by atoms with Crippen molar-refractivity contribution in [1.29, 1.82) is 0 Å².